The molecule has 0 spiro atoms. The standard InChI is InChI=1S/C11H20F2N2O3.ClH/c1-9(2,3)18-8(16)15-6-10(7-15,17-4)11(12,13)5-14;/h5-7,14H2,1-4H3;1H. The second-order valence-corrected chi connectivity index (χ2v) is 5.44. The van der Waals surface area contributed by atoms with Crippen LogP contribution in [0.3, 0.4) is 0 Å². The fourth-order valence-corrected chi connectivity index (χ4v) is 1.72. The Kier molecular flexibility index (Phi) is 5.56. The zero-order chi connectivity index (χ0) is 14.2. The van der Waals surface area contributed by atoms with Gasteiger partial charge in [-0.1, -0.05) is 0 Å². The molecule has 1 heterocycles. The van der Waals surface area contributed by atoms with Crippen molar-refractivity contribution in [2.75, 3.05) is 26.7 Å². The van der Waals surface area contributed by atoms with Crippen molar-refractivity contribution < 1.29 is 23.0 Å². The SMILES string of the molecule is COC1(C(F)(F)CN)CN(C(=O)OC(C)(C)C)C1.Cl. The van der Waals surface area contributed by atoms with Crippen molar-refractivity contribution in [2.45, 2.75) is 37.9 Å². The Balaban J connectivity index is 0.00000324. The van der Waals surface area contributed by atoms with Gasteiger partial charge in [-0.2, -0.15) is 0 Å². The molecule has 0 aliphatic carbocycles. The molecule has 0 aromatic carbocycles. The number of halogens is 3. The number of rotatable bonds is 3. The number of methoxy groups -OCH3 is 1. The van der Waals surface area contributed by atoms with E-state index in [4.69, 9.17) is 15.2 Å². The van der Waals surface area contributed by atoms with Crippen LogP contribution in [0.5, 0.6) is 0 Å². The second kappa shape index (κ2) is 5.76. The molecule has 1 aliphatic heterocycles. The highest BCUT2D eigenvalue weighted by molar-refractivity contribution is 5.85. The van der Waals surface area contributed by atoms with Gasteiger partial charge in [0.1, 0.15) is 5.60 Å². The van der Waals surface area contributed by atoms with Crippen LogP contribution >= 0.6 is 12.4 Å². The molecule has 0 aromatic rings. The van der Waals surface area contributed by atoms with Crippen molar-refractivity contribution in [1.82, 2.24) is 4.90 Å². The minimum absolute atomic E-state index is 0. The summed E-state index contributed by atoms with van der Waals surface area (Å²) in [6, 6.07) is 0. The summed E-state index contributed by atoms with van der Waals surface area (Å²) in [5, 5.41) is 0. The molecule has 1 saturated heterocycles. The van der Waals surface area contributed by atoms with E-state index in [2.05, 4.69) is 0 Å². The van der Waals surface area contributed by atoms with Gasteiger partial charge in [-0.05, 0) is 20.8 Å². The lowest BCUT2D eigenvalue weighted by Crippen LogP contribution is -2.74. The predicted octanol–water partition coefficient (Wildman–Crippen LogP) is 1.64. The highest BCUT2D eigenvalue weighted by Crippen LogP contribution is 2.39. The molecule has 1 aliphatic rings. The highest BCUT2D eigenvalue weighted by Gasteiger charge is 2.62. The van der Waals surface area contributed by atoms with E-state index in [1.807, 2.05) is 0 Å². The molecule has 0 atom stereocenters. The summed E-state index contributed by atoms with van der Waals surface area (Å²) < 4.78 is 37.1. The normalized spacial score (nSPS) is 18.4. The number of alkyl halides is 2. The van der Waals surface area contributed by atoms with E-state index in [-0.39, 0.29) is 25.5 Å². The van der Waals surface area contributed by atoms with Gasteiger partial charge < -0.3 is 20.1 Å². The van der Waals surface area contributed by atoms with Gasteiger partial charge in [0.2, 0.25) is 0 Å². The van der Waals surface area contributed by atoms with Crippen LogP contribution in [-0.4, -0.2) is 54.9 Å². The van der Waals surface area contributed by atoms with Crippen molar-refractivity contribution in [2.24, 2.45) is 5.73 Å². The average Bonchev–Trinajstić information content (AvgIpc) is 2.13. The van der Waals surface area contributed by atoms with Crippen LogP contribution in [0.2, 0.25) is 0 Å². The molecule has 19 heavy (non-hydrogen) atoms. The summed E-state index contributed by atoms with van der Waals surface area (Å²) in [6.45, 7) is 3.88. The molecular formula is C11H21ClF2N2O3. The van der Waals surface area contributed by atoms with Crippen molar-refractivity contribution >= 4 is 18.5 Å². The van der Waals surface area contributed by atoms with E-state index < -0.39 is 29.8 Å². The van der Waals surface area contributed by atoms with Gasteiger partial charge in [-0.15, -0.1) is 12.4 Å². The molecule has 1 amide bonds. The largest absolute Gasteiger partial charge is 0.444 e. The lowest BCUT2D eigenvalue weighted by Gasteiger charge is -2.51. The zero-order valence-electron chi connectivity index (χ0n) is 11.5. The minimum Gasteiger partial charge on any atom is -0.444 e. The Morgan fingerprint density at radius 3 is 2.16 bits per heavy atom. The van der Waals surface area contributed by atoms with Gasteiger partial charge in [-0.3, -0.25) is 0 Å². The smallest absolute Gasteiger partial charge is 0.410 e. The summed E-state index contributed by atoms with van der Waals surface area (Å²) in [4.78, 5) is 12.8. The molecule has 5 nitrogen and oxygen atoms in total. The van der Waals surface area contributed by atoms with E-state index >= 15 is 0 Å². The Bertz CT molecular complexity index is 328. The first-order chi connectivity index (χ1) is 8.07. The van der Waals surface area contributed by atoms with Gasteiger partial charge in [-0.25, -0.2) is 13.6 Å². The number of nitrogens with two attached hydrogens (primary N) is 1. The van der Waals surface area contributed by atoms with E-state index in [0.717, 1.165) is 0 Å². The van der Waals surface area contributed by atoms with Gasteiger partial charge in [0.15, 0.2) is 5.60 Å². The number of ether oxygens (including phenoxy) is 2. The van der Waals surface area contributed by atoms with E-state index in [1.165, 1.54) is 12.0 Å². The third kappa shape index (κ3) is 3.67. The van der Waals surface area contributed by atoms with Crippen molar-refractivity contribution in [1.29, 1.82) is 0 Å². The van der Waals surface area contributed by atoms with Crippen LogP contribution in [0.1, 0.15) is 20.8 Å². The topological polar surface area (TPSA) is 64.8 Å². The fraction of sp³-hybridized carbons (Fsp3) is 0.909. The molecule has 114 valence electrons. The lowest BCUT2D eigenvalue weighted by molar-refractivity contribution is -0.243. The maximum atomic E-state index is 13.6. The Labute approximate surface area is 117 Å². The average molecular weight is 303 g/mol. The molecule has 0 radical (unpaired) electrons. The van der Waals surface area contributed by atoms with Gasteiger partial charge in [0.05, 0.1) is 19.6 Å². The molecule has 0 unspecified atom stereocenters. The van der Waals surface area contributed by atoms with Gasteiger partial charge in [0.25, 0.3) is 5.92 Å². The first-order valence-electron chi connectivity index (χ1n) is 5.68. The summed E-state index contributed by atoms with van der Waals surface area (Å²) in [7, 11) is 1.19. The highest BCUT2D eigenvalue weighted by atomic mass is 35.5. The molecule has 0 aromatic heterocycles. The zero-order valence-corrected chi connectivity index (χ0v) is 12.4. The monoisotopic (exact) mass is 302 g/mol. The van der Waals surface area contributed by atoms with Crippen LogP contribution in [0.25, 0.3) is 0 Å². The summed E-state index contributed by atoms with van der Waals surface area (Å²) in [6.07, 6.45) is -0.622. The maximum absolute atomic E-state index is 13.6. The van der Waals surface area contributed by atoms with Crippen LogP contribution in [0.4, 0.5) is 13.6 Å². The number of amides is 1. The molecule has 1 fully saturated rings. The molecule has 0 bridgehead atoms. The van der Waals surface area contributed by atoms with Crippen molar-refractivity contribution in [3.05, 3.63) is 0 Å². The summed E-state index contributed by atoms with van der Waals surface area (Å²) >= 11 is 0. The first kappa shape index (κ1) is 18.3. The number of hydrogen-bond donors (Lipinski definition) is 1. The second-order valence-electron chi connectivity index (χ2n) is 5.44. The molecule has 1 rings (SSSR count). The number of hydrogen-bond acceptors (Lipinski definition) is 4. The van der Waals surface area contributed by atoms with Crippen LogP contribution in [0, 0.1) is 0 Å². The maximum Gasteiger partial charge on any atom is 0.410 e. The number of carbonyl (C=O) groups excluding carboxylic acids is 1. The Hall–Kier alpha value is -0.660. The molecule has 8 heteroatoms. The summed E-state index contributed by atoms with van der Waals surface area (Å²) in [5.74, 6) is -3.17. The first-order valence-corrected chi connectivity index (χ1v) is 5.68. The van der Waals surface area contributed by atoms with E-state index in [0.29, 0.717) is 0 Å². The number of nitrogens with zero attached hydrogens (tertiary/aromatic N) is 1. The molecule has 2 N–H and O–H groups in total. The Morgan fingerprint density at radius 1 is 1.37 bits per heavy atom. The van der Waals surface area contributed by atoms with Crippen LogP contribution in [-0.2, 0) is 9.47 Å². The molecular weight excluding hydrogens is 282 g/mol. The molecule has 0 saturated carbocycles. The van der Waals surface area contributed by atoms with Crippen molar-refractivity contribution in [3.63, 3.8) is 0 Å². The Morgan fingerprint density at radius 2 is 1.84 bits per heavy atom. The minimum atomic E-state index is -3.17. The number of likely N-dealkylation sites (tertiary alicyclic amines) is 1. The lowest BCUT2D eigenvalue weighted by atomic mass is 9.87. The third-order valence-corrected chi connectivity index (χ3v) is 2.86. The van der Waals surface area contributed by atoms with Crippen LogP contribution in [0.15, 0.2) is 0 Å². The van der Waals surface area contributed by atoms with E-state index in [1.54, 1.807) is 20.8 Å². The third-order valence-electron chi connectivity index (χ3n) is 2.86. The fourth-order valence-electron chi connectivity index (χ4n) is 1.72. The van der Waals surface area contributed by atoms with E-state index in [9.17, 15) is 13.6 Å². The van der Waals surface area contributed by atoms with Crippen LogP contribution < -0.4 is 5.73 Å². The summed E-state index contributed by atoms with van der Waals surface area (Å²) in [5.41, 5.74) is 2.69. The quantitative estimate of drug-likeness (QED) is 0.861. The van der Waals surface area contributed by atoms with Gasteiger partial charge >= 0.3 is 6.09 Å². The predicted molar refractivity (Wildman–Crippen MR) is 68.8 cm³/mol. The van der Waals surface area contributed by atoms with Gasteiger partial charge in [0, 0.05) is 7.11 Å². The number of carbonyl (C=O) groups is 1. The van der Waals surface area contributed by atoms with Crippen molar-refractivity contribution in [3.8, 4) is 0 Å².